The zero-order chi connectivity index (χ0) is 21.0. The van der Waals surface area contributed by atoms with Crippen LogP contribution in [0.2, 0.25) is 0 Å². The Balaban J connectivity index is 1.33. The molecule has 7 nitrogen and oxygen atoms in total. The standard InChI is InChI=1S/C23H27N3O4/c1-29-18-3-5-19(6-4-18)30-15-21(27)26-14-20(23(16-26)9-2-10-23)22(28)25-13-17-7-11-24-12-8-17/h3-8,11-12,20H,2,9-10,13-16H2,1H3,(H,25,28). The molecule has 1 saturated carbocycles. The Morgan fingerprint density at radius 1 is 1.13 bits per heavy atom. The number of nitrogens with one attached hydrogen (secondary N) is 1. The lowest BCUT2D eigenvalue weighted by molar-refractivity contribution is -0.133. The largest absolute Gasteiger partial charge is 0.497 e. The summed E-state index contributed by atoms with van der Waals surface area (Å²) < 4.78 is 10.8. The van der Waals surface area contributed by atoms with Crippen molar-refractivity contribution in [2.24, 2.45) is 11.3 Å². The van der Waals surface area contributed by atoms with Gasteiger partial charge in [0.2, 0.25) is 5.91 Å². The van der Waals surface area contributed by atoms with Crippen molar-refractivity contribution in [3.63, 3.8) is 0 Å². The van der Waals surface area contributed by atoms with Gasteiger partial charge in [-0.2, -0.15) is 0 Å². The molecule has 158 valence electrons. The molecule has 1 saturated heterocycles. The van der Waals surface area contributed by atoms with Crippen LogP contribution in [-0.2, 0) is 16.1 Å². The van der Waals surface area contributed by atoms with E-state index in [0.29, 0.717) is 25.4 Å². The Hall–Kier alpha value is -3.09. The van der Waals surface area contributed by atoms with Crippen LogP contribution in [0.4, 0.5) is 0 Å². The molecule has 2 fully saturated rings. The van der Waals surface area contributed by atoms with E-state index in [2.05, 4.69) is 10.3 Å². The van der Waals surface area contributed by atoms with Crippen molar-refractivity contribution in [2.45, 2.75) is 25.8 Å². The van der Waals surface area contributed by atoms with Crippen LogP contribution < -0.4 is 14.8 Å². The van der Waals surface area contributed by atoms with Gasteiger partial charge in [-0.3, -0.25) is 14.6 Å². The van der Waals surface area contributed by atoms with E-state index in [-0.39, 0.29) is 29.8 Å². The van der Waals surface area contributed by atoms with Gasteiger partial charge in [0.15, 0.2) is 6.61 Å². The van der Waals surface area contributed by atoms with Crippen LogP contribution in [0.1, 0.15) is 24.8 Å². The predicted molar refractivity (Wildman–Crippen MR) is 111 cm³/mol. The second-order valence-corrected chi connectivity index (χ2v) is 8.08. The molecule has 2 heterocycles. The van der Waals surface area contributed by atoms with Crippen molar-refractivity contribution in [1.29, 1.82) is 0 Å². The molecule has 1 N–H and O–H groups in total. The number of aromatic nitrogens is 1. The summed E-state index contributed by atoms with van der Waals surface area (Å²) in [5, 5.41) is 3.04. The van der Waals surface area contributed by atoms with E-state index in [4.69, 9.17) is 9.47 Å². The minimum Gasteiger partial charge on any atom is -0.497 e. The van der Waals surface area contributed by atoms with Crippen molar-refractivity contribution in [2.75, 3.05) is 26.8 Å². The van der Waals surface area contributed by atoms with Crippen molar-refractivity contribution < 1.29 is 19.1 Å². The lowest BCUT2D eigenvalue weighted by Gasteiger charge is -2.41. The van der Waals surface area contributed by atoms with Crippen molar-refractivity contribution >= 4 is 11.8 Å². The Bertz CT molecular complexity index is 881. The highest BCUT2D eigenvalue weighted by Crippen LogP contribution is 2.51. The summed E-state index contributed by atoms with van der Waals surface area (Å²) >= 11 is 0. The summed E-state index contributed by atoms with van der Waals surface area (Å²) in [4.78, 5) is 31.5. The summed E-state index contributed by atoms with van der Waals surface area (Å²) in [6.07, 6.45) is 6.52. The number of likely N-dealkylation sites (tertiary alicyclic amines) is 1. The number of methoxy groups -OCH3 is 1. The van der Waals surface area contributed by atoms with E-state index < -0.39 is 0 Å². The minimum atomic E-state index is -0.168. The lowest BCUT2D eigenvalue weighted by Crippen LogP contribution is -2.45. The Labute approximate surface area is 176 Å². The molecule has 1 atom stereocenters. The van der Waals surface area contributed by atoms with E-state index >= 15 is 0 Å². The first-order chi connectivity index (χ1) is 14.6. The summed E-state index contributed by atoms with van der Waals surface area (Å²) in [5.74, 6) is 1.13. The molecule has 30 heavy (non-hydrogen) atoms. The number of nitrogens with zero attached hydrogens (tertiary/aromatic N) is 2. The number of rotatable bonds is 7. The zero-order valence-corrected chi connectivity index (χ0v) is 17.2. The van der Waals surface area contributed by atoms with Crippen LogP contribution in [0.3, 0.4) is 0 Å². The maximum atomic E-state index is 12.9. The summed E-state index contributed by atoms with van der Waals surface area (Å²) in [7, 11) is 1.60. The molecule has 1 aromatic heterocycles. The number of carbonyl (C=O) groups excluding carboxylic acids is 2. The topological polar surface area (TPSA) is 80.8 Å². The third kappa shape index (κ3) is 4.25. The van der Waals surface area contributed by atoms with Crippen LogP contribution in [0, 0.1) is 11.3 Å². The molecule has 0 bridgehead atoms. The minimum absolute atomic E-state index is 0.0258. The van der Waals surface area contributed by atoms with Gasteiger partial charge in [-0.15, -0.1) is 0 Å². The van der Waals surface area contributed by atoms with Gasteiger partial charge in [0.05, 0.1) is 13.0 Å². The Kier molecular flexibility index (Phi) is 5.88. The second kappa shape index (κ2) is 8.73. The van der Waals surface area contributed by atoms with Gasteiger partial charge in [-0.25, -0.2) is 0 Å². The molecule has 4 rings (SSSR count). The predicted octanol–water partition coefficient (Wildman–Crippen LogP) is 2.41. The third-order valence-electron chi connectivity index (χ3n) is 6.30. The fourth-order valence-electron chi connectivity index (χ4n) is 4.38. The number of ether oxygens (including phenoxy) is 2. The van der Waals surface area contributed by atoms with Crippen molar-refractivity contribution in [1.82, 2.24) is 15.2 Å². The van der Waals surface area contributed by atoms with Crippen LogP contribution in [-0.4, -0.2) is 48.5 Å². The van der Waals surface area contributed by atoms with Crippen LogP contribution in [0.5, 0.6) is 11.5 Å². The molecule has 1 unspecified atom stereocenters. The highest BCUT2D eigenvalue weighted by atomic mass is 16.5. The number of amides is 2. The molecular formula is C23H27N3O4. The molecule has 2 aliphatic rings. The molecule has 7 heteroatoms. The number of hydrogen-bond acceptors (Lipinski definition) is 5. The number of pyridine rings is 1. The third-order valence-corrected chi connectivity index (χ3v) is 6.30. The van der Waals surface area contributed by atoms with E-state index in [1.807, 2.05) is 12.1 Å². The van der Waals surface area contributed by atoms with Crippen LogP contribution in [0.15, 0.2) is 48.8 Å². The molecule has 2 aromatic rings. The van der Waals surface area contributed by atoms with E-state index in [1.54, 1.807) is 48.7 Å². The average molecular weight is 409 g/mol. The van der Waals surface area contributed by atoms with Gasteiger partial charge in [0, 0.05) is 37.4 Å². The fraction of sp³-hybridized carbons (Fsp3) is 0.435. The Morgan fingerprint density at radius 2 is 1.83 bits per heavy atom. The Morgan fingerprint density at radius 3 is 2.47 bits per heavy atom. The van der Waals surface area contributed by atoms with Gasteiger partial charge in [-0.1, -0.05) is 6.42 Å². The summed E-state index contributed by atoms with van der Waals surface area (Å²) in [5.41, 5.74) is 0.929. The first-order valence-electron chi connectivity index (χ1n) is 10.3. The smallest absolute Gasteiger partial charge is 0.260 e. The monoisotopic (exact) mass is 409 g/mol. The summed E-state index contributed by atoms with van der Waals surface area (Å²) in [6.45, 7) is 1.52. The number of carbonyl (C=O) groups is 2. The van der Waals surface area contributed by atoms with E-state index in [9.17, 15) is 9.59 Å². The first-order valence-corrected chi connectivity index (χ1v) is 10.3. The molecule has 0 radical (unpaired) electrons. The molecule has 2 amide bonds. The zero-order valence-electron chi connectivity index (χ0n) is 17.2. The van der Waals surface area contributed by atoms with Gasteiger partial charge in [-0.05, 0) is 54.8 Å². The van der Waals surface area contributed by atoms with Gasteiger partial charge < -0.3 is 19.7 Å². The van der Waals surface area contributed by atoms with Gasteiger partial charge >= 0.3 is 0 Å². The van der Waals surface area contributed by atoms with Crippen LogP contribution in [0.25, 0.3) is 0 Å². The maximum absolute atomic E-state index is 12.9. The number of hydrogen-bond donors (Lipinski definition) is 1. The molecule has 1 aromatic carbocycles. The maximum Gasteiger partial charge on any atom is 0.260 e. The highest BCUT2D eigenvalue weighted by molar-refractivity contribution is 5.84. The first kappa shape index (κ1) is 20.2. The quantitative estimate of drug-likeness (QED) is 0.760. The average Bonchev–Trinajstić information content (AvgIpc) is 3.19. The fourth-order valence-corrected chi connectivity index (χ4v) is 4.38. The van der Waals surface area contributed by atoms with Crippen molar-refractivity contribution in [3.05, 3.63) is 54.4 Å². The second-order valence-electron chi connectivity index (χ2n) is 8.08. The molecule has 1 aliphatic heterocycles. The molecular weight excluding hydrogens is 382 g/mol. The van der Waals surface area contributed by atoms with E-state index in [1.165, 1.54) is 0 Å². The SMILES string of the molecule is COc1ccc(OCC(=O)N2CC(C(=O)NCc3ccncc3)C3(CCC3)C2)cc1. The number of benzene rings is 1. The molecule has 1 aliphatic carbocycles. The summed E-state index contributed by atoms with van der Waals surface area (Å²) in [6, 6.07) is 10.9. The van der Waals surface area contributed by atoms with E-state index in [0.717, 1.165) is 30.6 Å². The normalized spacial score (nSPS) is 19.2. The lowest BCUT2D eigenvalue weighted by atomic mass is 9.62. The van der Waals surface area contributed by atoms with Crippen molar-refractivity contribution in [3.8, 4) is 11.5 Å². The molecule has 1 spiro atoms. The van der Waals surface area contributed by atoms with Gasteiger partial charge in [0.1, 0.15) is 11.5 Å². The van der Waals surface area contributed by atoms with Crippen LogP contribution >= 0.6 is 0 Å². The van der Waals surface area contributed by atoms with Gasteiger partial charge in [0.25, 0.3) is 5.91 Å². The highest BCUT2D eigenvalue weighted by Gasteiger charge is 2.54.